The first-order valence-corrected chi connectivity index (χ1v) is 7.53. The van der Waals surface area contributed by atoms with Crippen LogP contribution in [0, 0.1) is 11.3 Å². The van der Waals surface area contributed by atoms with Gasteiger partial charge < -0.3 is 5.32 Å². The van der Waals surface area contributed by atoms with E-state index in [4.69, 9.17) is 16.9 Å². The second-order valence-electron chi connectivity index (χ2n) is 4.91. The van der Waals surface area contributed by atoms with E-state index in [-0.39, 0.29) is 0 Å². The molecule has 1 N–H and O–H groups in total. The van der Waals surface area contributed by atoms with Crippen molar-refractivity contribution in [3.63, 3.8) is 0 Å². The normalized spacial score (nSPS) is 10.6. The second-order valence-corrected chi connectivity index (χ2v) is 5.35. The molecule has 0 spiro atoms. The van der Waals surface area contributed by atoms with Crippen molar-refractivity contribution in [3.8, 4) is 6.07 Å². The molecule has 2 rings (SSSR count). The molecule has 0 fully saturated rings. The van der Waals surface area contributed by atoms with Gasteiger partial charge in [-0.3, -0.25) is 4.68 Å². The summed E-state index contributed by atoms with van der Waals surface area (Å²) in [5.74, 6) is 0. The lowest BCUT2D eigenvalue weighted by Crippen LogP contribution is -2.09. The quantitative estimate of drug-likeness (QED) is 0.861. The second kappa shape index (κ2) is 7.14. The highest BCUT2D eigenvalue weighted by Gasteiger charge is 2.08. The van der Waals surface area contributed by atoms with Crippen molar-refractivity contribution < 1.29 is 0 Å². The molecule has 0 saturated carbocycles. The Bertz CT molecular complexity index is 638. The first kappa shape index (κ1) is 15.4. The molecule has 0 bridgehead atoms. The lowest BCUT2D eigenvalue weighted by Gasteiger charge is -2.12. The lowest BCUT2D eigenvalue weighted by molar-refractivity contribution is 0.426. The molecule has 0 saturated heterocycles. The van der Waals surface area contributed by atoms with Gasteiger partial charge in [0.2, 0.25) is 0 Å². The van der Waals surface area contributed by atoms with Crippen molar-refractivity contribution in [2.24, 2.45) is 0 Å². The minimum atomic E-state index is 0.444. The van der Waals surface area contributed by atoms with Crippen molar-refractivity contribution in [1.29, 1.82) is 5.26 Å². The van der Waals surface area contributed by atoms with Crippen molar-refractivity contribution in [2.45, 2.75) is 39.3 Å². The van der Waals surface area contributed by atoms with Gasteiger partial charge in [0.25, 0.3) is 0 Å². The fourth-order valence-corrected chi connectivity index (χ4v) is 2.46. The molecule has 0 radical (unpaired) electrons. The van der Waals surface area contributed by atoms with Crippen LogP contribution < -0.4 is 5.32 Å². The lowest BCUT2D eigenvalue weighted by atomic mass is 10.2. The summed E-state index contributed by atoms with van der Waals surface area (Å²) in [4.78, 5) is 0. The summed E-state index contributed by atoms with van der Waals surface area (Å²) >= 11 is 5.97. The Labute approximate surface area is 130 Å². The minimum Gasteiger partial charge on any atom is -0.378 e. The average molecular weight is 303 g/mol. The number of nitriles is 1. The van der Waals surface area contributed by atoms with E-state index in [0.717, 1.165) is 24.2 Å². The van der Waals surface area contributed by atoms with Gasteiger partial charge in [-0.15, -0.1) is 0 Å². The van der Waals surface area contributed by atoms with Crippen LogP contribution in [0.5, 0.6) is 0 Å². The van der Waals surface area contributed by atoms with Crippen molar-refractivity contribution >= 4 is 17.3 Å². The molecule has 4 nitrogen and oxygen atoms in total. The third kappa shape index (κ3) is 3.77. The van der Waals surface area contributed by atoms with E-state index in [1.54, 1.807) is 18.2 Å². The number of rotatable bonds is 6. The number of hydrogen-bond donors (Lipinski definition) is 1. The number of aromatic nitrogens is 2. The van der Waals surface area contributed by atoms with Gasteiger partial charge >= 0.3 is 0 Å². The van der Waals surface area contributed by atoms with Gasteiger partial charge in [0, 0.05) is 11.2 Å². The fraction of sp³-hybridized carbons (Fsp3) is 0.375. The Morgan fingerprint density at radius 1 is 1.33 bits per heavy atom. The molecule has 2 aromatic rings. The molecular weight excluding hydrogens is 284 g/mol. The van der Waals surface area contributed by atoms with Crippen LogP contribution in [0.15, 0.2) is 30.5 Å². The highest BCUT2D eigenvalue weighted by atomic mass is 35.5. The Morgan fingerprint density at radius 3 is 2.76 bits per heavy atom. The summed E-state index contributed by atoms with van der Waals surface area (Å²) in [7, 11) is 0. The standard InChI is InChI=1S/C16H19ClN4/c1-3-15(4-2)21-8-7-14(20-21)11-19-16-9-13(17)6-5-12(16)10-18/h5-9,15,19H,3-4,11H2,1-2H3. The Balaban J connectivity index is 2.07. The summed E-state index contributed by atoms with van der Waals surface area (Å²) in [6.45, 7) is 4.90. The largest absolute Gasteiger partial charge is 0.378 e. The maximum Gasteiger partial charge on any atom is 0.101 e. The molecule has 0 aliphatic heterocycles. The van der Waals surface area contributed by atoms with Gasteiger partial charge in [-0.2, -0.15) is 10.4 Å². The SMILES string of the molecule is CCC(CC)n1ccc(CNc2cc(Cl)ccc2C#N)n1. The number of anilines is 1. The van der Waals surface area contributed by atoms with Gasteiger partial charge in [0.1, 0.15) is 6.07 Å². The third-order valence-corrected chi connectivity index (χ3v) is 3.78. The zero-order chi connectivity index (χ0) is 15.2. The van der Waals surface area contributed by atoms with Gasteiger partial charge in [-0.25, -0.2) is 0 Å². The average Bonchev–Trinajstić information content (AvgIpc) is 2.95. The molecule has 0 atom stereocenters. The molecule has 1 aromatic heterocycles. The molecule has 0 aliphatic rings. The summed E-state index contributed by atoms with van der Waals surface area (Å²) in [5, 5.41) is 17.5. The highest BCUT2D eigenvalue weighted by Crippen LogP contribution is 2.21. The van der Waals surface area contributed by atoms with E-state index in [0.29, 0.717) is 23.2 Å². The molecule has 5 heteroatoms. The third-order valence-electron chi connectivity index (χ3n) is 3.54. The first-order chi connectivity index (χ1) is 10.2. The van der Waals surface area contributed by atoms with Gasteiger partial charge in [0.05, 0.1) is 29.5 Å². The van der Waals surface area contributed by atoms with E-state index < -0.39 is 0 Å². The number of hydrogen-bond acceptors (Lipinski definition) is 3. The summed E-state index contributed by atoms with van der Waals surface area (Å²) in [6.07, 6.45) is 4.15. The highest BCUT2D eigenvalue weighted by molar-refractivity contribution is 6.30. The van der Waals surface area contributed by atoms with E-state index in [2.05, 4.69) is 30.3 Å². The van der Waals surface area contributed by atoms with Crippen molar-refractivity contribution in [1.82, 2.24) is 9.78 Å². The van der Waals surface area contributed by atoms with Crippen LogP contribution in [-0.4, -0.2) is 9.78 Å². The molecule has 1 aromatic carbocycles. The topological polar surface area (TPSA) is 53.6 Å². The van der Waals surface area contributed by atoms with Crippen LogP contribution in [0.4, 0.5) is 5.69 Å². The number of halogens is 1. The van der Waals surface area contributed by atoms with Crippen LogP contribution in [0.3, 0.4) is 0 Å². The van der Waals surface area contributed by atoms with Gasteiger partial charge in [-0.05, 0) is 37.1 Å². The Hall–Kier alpha value is -1.99. The van der Waals surface area contributed by atoms with Crippen LogP contribution in [-0.2, 0) is 6.54 Å². The molecule has 21 heavy (non-hydrogen) atoms. The smallest absolute Gasteiger partial charge is 0.101 e. The predicted octanol–water partition coefficient (Wildman–Crippen LogP) is 4.38. The first-order valence-electron chi connectivity index (χ1n) is 7.15. The monoisotopic (exact) mass is 302 g/mol. The van der Waals surface area contributed by atoms with Crippen LogP contribution >= 0.6 is 11.6 Å². The fourth-order valence-electron chi connectivity index (χ4n) is 2.28. The maximum absolute atomic E-state index is 9.09. The Morgan fingerprint density at radius 2 is 2.10 bits per heavy atom. The minimum absolute atomic E-state index is 0.444. The van der Waals surface area contributed by atoms with E-state index in [9.17, 15) is 0 Å². The molecule has 1 heterocycles. The number of nitrogens with one attached hydrogen (secondary N) is 1. The predicted molar refractivity (Wildman–Crippen MR) is 85.3 cm³/mol. The zero-order valence-corrected chi connectivity index (χ0v) is 13.1. The van der Waals surface area contributed by atoms with Gasteiger partial charge in [0.15, 0.2) is 0 Å². The number of benzene rings is 1. The molecule has 0 aliphatic carbocycles. The maximum atomic E-state index is 9.09. The van der Waals surface area contributed by atoms with E-state index in [1.165, 1.54) is 0 Å². The van der Waals surface area contributed by atoms with E-state index >= 15 is 0 Å². The van der Waals surface area contributed by atoms with Crippen LogP contribution in [0.25, 0.3) is 0 Å². The Kier molecular flexibility index (Phi) is 5.24. The van der Waals surface area contributed by atoms with Crippen LogP contribution in [0.1, 0.15) is 44.0 Å². The van der Waals surface area contributed by atoms with E-state index in [1.807, 2.05) is 16.9 Å². The summed E-state index contributed by atoms with van der Waals surface area (Å²) in [6, 6.07) is 9.79. The van der Waals surface area contributed by atoms with Gasteiger partial charge in [-0.1, -0.05) is 25.4 Å². The molecular formula is C16H19ClN4. The molecule has 0 unspecified atom stereocenters. The van der Waals surface area contributed by atoms with Crippen LogP contribution in [0.2, 0.25) is 5.02 Å². The number of nitrogens with zero attached hydrogens (tertiary/aromatic N) is 3. The zero-order valence-electron chi connectivity index (χ0n) is 12.3. The molecule has 0 amide bonds. The summed E-state index contributed by atoms with van der Waals surface area (Å²) in [5.41, 5.74) is 2.27. The molecule has 110 valence electrons. The van der Waals surface area contributed by atoms with Crippen molar-refractivity contribution in [2.75, 3.05) is 5.32 Å². The summed E-state index contributed by atoms with van der Waals surface area (Å²) < 4.78 is 2.01. The van der Waals surface area contributed by atoms with Crippen molar-refractivity contribution in [3.05, 3.63) is 46.7 Å².